The molecule has 1 aliphatic heterocycles. The SMILES string of the molecule is Cc1cc(C)c(CCC(=O)C[C@@H]2CCCC(C3=NC=CCC4=C3C=CCC4)CC2)c(C)c1.[HH].[HH].[HH]. The number of rotatable bonds is 6. The molecule has 2 atom stereocenters. The maximum Gasteiger partial charge on any atom is 0.133 e. The number of hydrogen-bond acceptors (Lipinski definition) is 2. The Bertz CT molecular complexity index is 966. The van der Waals surface area contributed by atoms with E-state index in [1.165, 1.54) is 65.6 Å². The summed E-state index contributed by atoms with van der Waals surface area (Å²) in [4.78, 5) is 17.8. The summed E-state index contributed by atoms with van der Waals surface area (Å²) in [6.45, 7) is 6.51. The predicted octanol–water partition coefficient (Wildman–Crippen LogP) is 8.44. The van der Waals surface area contributed by atoms with Gasteiger partial charge < -0.3 is 0 Å². The van der Waals surface area contributed by atoms with Crippen LogP contribution >= 0.6 is 0 Å². The highest BCUT2D eigenvalue weighted by atomic mass is 16.1. The Morgan fingerprint density at radius 1 is 1.06 bits per heavy atom. The lowest BCUT2D eigenvalue weighted by atomic mass is 9.84. The van der Waals surface area contributed by atoms with Crippen molar-refractivity contribution in [2.45, 2.75) is 91.4 Å². The minimum Gasteiger partial charge on any atom is -0.300 e. The van der Waals surface area contributed by atoms with E-state index in [4.69, 9.17) is 4.99 Å². The van der Waals surface area contributed by atoms with Gasteiger partial charge in [-0.25, -0.2) is 0 Å². The number of aliphatic imine (C=N–C) groups is 1. The number of carbonyl (C=O) groups is 1. The molecule has 1 fully saturated rings. The first kappa shape index (κ1) is 23.0. The van der Waals surface area contributed by atoms with Gasteiger partial charge in [-0.2, -0.15) is 0 Å². The van der Waals surface area contributed by atoms with Crippen LogP contribution in [0.5, 0.6) is 0 Å². The zero-order valence-electron chi connectivity index (χ0n) is 20.3. The van der Waals surface area contributed by atoms with Gasteiger partial charge in [-0.1, -0.05) is 54.3 Å². The summed E-state index contributed by atoms with van der Waals surface area (Å²) in [5, 5.41) is 0. The van der Waals surface area contributed by atoms with Crippen molar-refractivity contribution in [2.75, 3.05) is 0 Å². The Kier molecular flexibility index (Phi) is 7.60. The Morgan fingerprint density at radius 3 is 2.69 bits per heavy atom. The van der Waals surface area contributed by atoms with Gasteiger partial charge in [0.25, 0.3) is 0 Å². The maximum atomic E-state index is 12.9. The largest absolute Gasteiger partial charge is 0.300 e. The van der Waals surface area contributed by atoms with Crippen LogP contribution < -0.4 is 0 Å². The molecule has 4 rings (SSSR count). The highest BCUT2D eigenvalue weighted by molar-refractivity contribution is 6.05. The minimum absolute atomic E-state index is 0. The molecule has 0 saturated heterocycles. The number of benzene rings is 1. The second-order valence-electron chi connectivity index (χ2n) is 10.3. The zero-order valence-corrected chi connectivity index (χ0v) is 20.3. The fraction of sp³-hybridized carbons (Fsp3) is 0.533. The number of Topliss-reactive ketones (excluding diaryl/α,β-unsaturated/α-hetero) is 1. The van der Waals surface area contributed by atoms with Crippen molar-refractivity contribution in [1.82, 2.24) is 0 Å². The van der Waals surface area contributed by atoms with Crippen molar-refractivity contribution in [1.29, 1.82) is 0 Å². The van der Waals surface area contributed by atoms with Crippen LogP contribution in [0.3, 0.4) is 0 Å². The number of aryl methyl sites for hydroxylation is 3. The smallest absolute Gasteiger partial charge is 0.133 e. The van der Waals surface area contributed by atoms with Crippen molar-refractivity contribution >= 4 is 11.5 Å². The zero-order chi connectivity index (χ0) is 22.5. The number of nitrogens with zero attached hydrogens (tertiary/aromatic N) is 1. The molecular weight excluding hydrogens is 390 g/mol. The molecule has 2 nitrogen and oxygen atoms in total. The molecule has 32 heavy (non-hydrogen) atoms. The van der Waals surface area contributed by atoms with E-state index in [1.807, 2.05) is 6.20 Å². The van der Waals surface area contributed by atoms with Crippen molar-refractivity contribution in [2.24, 2.45) is 16.8 Å². The summed E-state index contributed by atoms with van der Waals surface area (Å²) in [5.41, 5.74) is 9.65. The van der Waals surface area contributed by atoms with E-state index in [9.17, 15) is 4.79 Å². The molecule has 1 saturated carbocycles. The Morgan fingerprint density at radius 2 is 1.88 bits per heavy atom. The lowest BCUT2D eigenvalue weighted by molar-refractivity contribution is -0.120. The molecular formula is C30H45NO. The quantitative estimate of drug-likeness (QED) is 0.412. The van der Waals surface area contributed by atoms with Gasteiger partial charge in [-0.15, -0.1) is 0 Å². The first-order valence-corrected chi connectivity index (χ1v) is 12.7. The molecule has 1 aromatic carbocycles. The van der Waals surface area contributed by atoms with E-state index in [0.29, 0.717) is 24.0 Å². The summed E-state index contributed by atoms with van der Waals surface area (Å²) in [7, 11) is 0. The predicted molar refractivity (Wildman–Crippen MR) is 142 cm³/mol. The summed E-state index contributed by atoms with van der Waals surface area (Å²) in [6, 6.07) is 4.48. The molecule has 3 aliphatic rings. The standard InChI is InChI=1S/C30H39NO.3H2/c1-21-18-22(2)28(23(3)19-21)16-15-27(32)20-24-8-6-10-26(14-13-24)30-29-12-5-4-9-25(29)11-7-17-31-30;;;/h5,7,12,17-19,24,26H,4,6,8-11,13-16,20H2,1-3H3;3*1H/t24-,26?;;;/m1.../s1. The molecule has 1 aromatic rings. The van der Waals surface area contributed by atoms with Gasteiger partial charge in [0.1, 0.15) is 5.78 Å². The van der Waals surface area contributed by atoms with Crippen LogP contribution in [0.1, 0.15) is 90.7 Å². The molecule has 2 aliphatic carbocycles. The normalized spacial score (nSPS) is 23.4. The van der Waals surface area contributed by atoms with Gasteiger partial charge in [-0.3, -0.25) is 9.79 Å². The second-order valence-corrected chi connectivity index (χ2v) is 10.3. The average Bonchev–Trinajstić information content (AvgIpc) is 3.11. The average molecular weight is 436 g/mol. The first-order chi connectivity index (χ1) is 15.5. The van der Waals surface area contributed by atoms with Crippen LogP contribution in [0.15, 0.2) is 52.7 Å². The van der Waals surface area contributed by atoms with E-state index in [1.54, 1.807) is 5.57 Å². The molecule has 1 unspecified atom stereocenters. The van der Waals surface area contributed by atoms with Crippen LogP contribution in [-0.2, 0) is 11.2 Å². The summed E-state index contributed by atoms with van der Waals surface area (Å²) < 4.78 is 0. The fourth-order valence-electron chi connectivity index (χ4n) is 6.06. The lowest BCUT2D eigenvalue weighted by Gasteiger charge is -2.22. The van der Waals surface area contributed by atoms with Crippen LogP contribution in [0.4, 0.5) is 0 Å². The Hall–Kier alpha value is -2.22. The van der Waals surface area contributed by atoms with Crippen LogP contribution in [0, 0.1) is 32.6 Å². The monoisotopic (exact) mass is 435 g/mol. The van der Waals surface area contributed by atoms with Crippen molar-refractivity contribution in [3.05, 3.63) is 70.0 Å². The van der Waals surface area contributed by atoms with E-state index in [2.05, 4.69) is 51.1 Å². The number of carbonyl (C=O) groups excluding carboxylic acids is 1. The van der Waals surface area contributed by atoms with E-state index in [-0.39, 0.29) is 4.28 Å². The third kappa shape index (κ3) is 5.57. The van der Waals surface area contributed by atoms with Gasteiger partial charge >= 0.3 is 0 Å². The number of hydrogen-bond donors (Lipinski definition) is 0. The van der Waals surface area contributed by atoms with Crippen LogP contribution in [0.2, 0.25) is 0 Å². The van der Waals surface area contributed by atoms with Gasteiger partial charge in [0, 0.05) is 29.2 Å². The molecule has 1 heterocycles. The number of allylic oxidation sites excluding steroid dienone is 5. The molecule has 2 heteroatoms. The molecule has 0 bridgehead atoms. The fourth-order valence-corrected chi connectivity index (χ4v) is 6.06. The van der Waals surface area contributed by atoms with Gasteiger partial charge in [-0.05, 0) is 93.9 Å². The number of ketones is 1. The van der Waals surface area contributed by atoms with E-state index >= 15 is 0 Å². The van der Waals surface area contributed by atoms with Crippen molar-refractivity contribution in [3.63, 3.8) is 0 Å². The van der Waals surface area contributed by atoms with Crippen molar-refractivity contribution < 1.29 is 9.07 Å². The lowest BCUT2D eigenvalue weighted by Crippen LogP contribution is -2.18. The highest BCUT2D eigenvalue weighted by Crippen LogP contribution is 2.35. The highest BCUT2D eigenvalue weighted by Gasteiger charge is 2.27. The van der Waals surface area contributed by atoms with Gasteiger partial charge in [0.2, 0.25) is 0 Å². The van der Waals surface area contributed by atoms with E-state index in [0.717, 1.165) is 32.1 Å². The second kappa shape index (κ2) is 10.6. The van der Waals surface area contributed by atoms with Crippen LogP contribution in [-0.4, -0.2) is 11.5 Å². The molecule has 0 spiro atoms. The molecule has 176 valence electrons. The van der Waals surface area contributed by atoms with Gasteiger partial charge in [0.05, 0.1) is 5.71 Å². The first-order valence-electron chi connectivity index (χ1n) is 12.7. The maximum absolute atomic E-state index is 12.9. The van der Waals surface area contributed by atoms with E-state index < -0.39 is 0 Å². The summed E-state index contributed by atoms with van der Waals surface area (Å²) in [5.74, 6) is 1.54. The van der Waals surface area contributed by atoms with Crippen LogP contribution in [0.25, 0.3) is 0 Å². The van der Waals surface area contributed by atoms with Gasteiger partial charge in [0.15, 0.2) is 0 Å². The third-order valence-corrected chi connectivity index (χ3v) is 7.72. The summed E-state index contributed by atoms with van der Waals surface area (Å²) >= 11 is 0. The van der Waals surface area contributed by atoms with Crippen molar-refractivity contribution in [3.8, 4) is 0 Å². The molecule has 0 aromatic heterocycles. The Balaban J connectivity index is 0.00000204. The minimum atomic E-state index is 0. The molecule has 0 radical (unpaired) electrons. The third-order valence-electron chi connectivity index (χ3n) is 7.72. The summed E-state index contributed by atoms with van der Waals surface area (Å²) in [6.07, 6.45) is 20.6. The Labute approximate surface area is 199 Å². The topological polar surface area (TPSA) is 29.4 Å². The molecule has 0 amide bonds. The molecule has 0 N–H and O–H groups in total.